The quantitative estimate of drug-likeness (QED) is 0.876. The van der Waals surface area contributed by atoms with Crippen molar-refractivity contribution in [1.29, 1.82) is 0 Å². The second-order valence-electron chi connectivity index (χ2n) is 4.07. The van der Waals surface area contributed by atoms with Crippen molar-refractivity contribution in [2.45, 2.75) is 6.42 Å². The van der Waals surface area contributed by atoms with Crippen LogP contribution in [0.15, 0.2) is 28.7 Å². The van der Waals surface area contributed by atoms with E-state index in [0.29, 0.717) is 11.5 Å². The molecule has 1 aromatic heterocycles. The maximum atomic E-state index is 11.3. The van der Waals surface area contributed by atoms with E-state index in [-0.39, 0.29) is 5.91 Å². The van der Waals surface area contributed by atoms with Gasteiger partial charge in [-0.25, -0.2) is 0 Å². The van der Waals surface area contributed by atoms with Crippen LogP contribution in [0.5, 0.6) is 5.75 Å². The molecule has 0 atom stereocenters. The zero-order chi connectivity index (χ0) is 12.7. The van der Waals surface area contributed by atoms with E-state index in [2.05, 4.69) is 15.9 Å². The smallest absolute Gasteiger partial charge is 0.258 e. The molecule has 0 bridgehead atoms. The Bertz CT molecular complexity index is 636. The summed E-state index contributed by atoms with van der Waals surface area (Å²) >= 11 is 4.89. The number of ether oxygens (including phenoxy) is 1. The standard InChI is InChI=1S/C13H10BrNO2S/c14-8-1-2-10-9(6-8)12-7(3-4-17-10)5-11(18-12)13(15)16/h1-2,5-6H,3-4H2,(H2,15,16). The number of carbonyl (C=O) groups excluding carboxylic acids is 1. The van der Waals surface area contributed by atoms with Gasteiger partial charge in [0.25, 0.3) is 5.91 Å². The van der Waals surface area contributed by atoms with E-state index in [0.717, 1.165) is 32.6 Å². The number of hydrogen-bond acceptors (Lipinski definition) is 3. The monoisotopic (exact) mass is 323 g/mol. The SMILES string of the molecule is NC(=O)c1cc2c(s1)-c1cc(Br)ccc1OCC2. The normalized spacial score (nSPS) is 13.2. The van der Waals surface area contributed by atoms with Gasteiger partial charge in [-0.05, 0) is 29.8 Å². The van der Waals surface area contributed by atoms with E-state index in [4.69, 9.17) is 10.5 Å². The lowest BCUT2D eigenvalue weighted by molar-refractivity contribution is 0.100. The van der Waals surface area contributed by atoms with Crippen molar-refractivity contribution in [2.24, 2.45) is 5.73 Å². The van der Waals surface area contributed by atoms with Crippen molar-refractivity contribution in [3.63, 3.8) is 0 Å². The summed E-state index contributed by atoms with van der Waals surface area (Å²) in [5, 5.41) is 0. The van der Waals surface area contributed by atoms with Crippen molar-refractivity contribution in [1.82, 2.24) is 0 Å². The summed E-state index contributed by atoms with van der Waals surface area (Å²) in [5.41, 5.74) is 7.50. The van der Waals surface area contributed by atoms with Crippen LogP contribution in [-0.2, 0) is 6.42 Å². The summed E-state index contributed by atoms with van der Waals surface area (Å²) < 4.78 is 6.71. The average Bonchev–Trinajstić information content (AvgIpc) is 2.68. The third kappa shape index (κ3) is 1.93. The van der Waals surface area contributed by atoms with Crippen molar-refractivity contribution >= 4 is 33.2 Å². The Morgan fingerprint density at radius 2 is 2.22 bits per heavy atom. The Morgan fingerprint density at radius 1 is 1.39 bits per heavy atom. The first kappa shape index (κ1) is 11.7. The first-order chi connectivity index (χ1) is 8.65. The molecule has 5 heteroatoms. The number of primary amides is 1. The molecule has 0 saturated carbocycles. The third-order valence-corrected chi connectivity index (χ3v) is 4.59. The first-order valence-electron chi connectivity index (χ1n) is 5.50. The van der Waals surface area contributed by atoms with E-state index in [1.807, 2.05) is 24.3 Å². The molecule has 3 nitrogen and oxygen atoms in total. The number of fused-ring (bicyclic) bond motifs is 3. The van der Waals surface area contributed by atoms with Gasteiger partial charge in [-0.15, -0.1) is 11.3 Å². The summed E-state index contributed by atoms with van der Waals surface area (Å²) in [6, 6.07) is 7.78. The fourth-order valence-corrected chi connectivity index (χ4v) is 3.48. The van der Waals surface area contributed by atoms with Crippen LogP contribution in [0.4, 0.5) is 0 Å². The number of rotatable bonds is 1. The predicted octanol–water partition coefficient (Wildman–Crippen LogP) is 3.21. The Labute approximate surface area is 117 Å². The molecule has 0 fully saturated rings. The van der Waals surface area contributed by atoms with E-state index < -0.39 is 0 Å². The second kappa shape index (κ2) is 4.40. The molecule has 2 N–H and O–H groups in total. The molecule has 18 heavy (non-hydrogen) atoms. The number of benzene rings is 1. The molecule has 2 aromatic rings. The molecule has 0 unspecified atom stereocenters. The highest BCUT2D eigenvalue weighted by Gasteiger charge is 2.20. The molecule has 0 saturated heterocycles. The first-order valence-corrected chi connectivity index (χ1v) is 7.11. The topological polar surface area (TPSA) is 52.3 Å². The average molecular weight is 324 g/mol. The maximum Gasteiger partial charge on any atom is 0.258 e. The van der Waals surface area contributed by atoms with Gasteiger partial charge in [0, 0.05) is 21.3 Å². The van der Waals surface area contributed by atoms with Crippen LogP contribution in [0, 0.1) is 0 Å². The fourth-order valence-electron chi connectivity index (χ4n) is 2.04. The van der Waals surface area contributed by atoms with Crippen LogP contribution in [0.25, 0.3) is 10.4 Å². The van der Waals surface area contributed by atoms with Gasteiger partial charge in [0.1, 0.15) is 5.75 Å². The maximum absolute atomic E-state index is 11.3. The Morgan fingerprint density at radius 3 is 3.00 bits per heavy atom. The summed E-state index contributed by atoms with van der Waals surface area (Å²) in [7, 11) is 0. The highest BCUT2D eigenvalue weighted by Crippen LogP contribution is 2.41. The number of amides is 1. The summed E-state index contributed by atoms with van der Waals surface area (Å²) in [5.74, 6) is 0.486. The number of thiophene rings is 1. The Balaban J connectivity index is 2.22. The van der Waals surface area contributed by atoms with Gasteiger partial charge >= 0.3 is 0 Å². The molecule has 2 heterocycles. The van der Waals surface area contributed by atoms with Crippen LogP contribution >= 0.6 is 27.3 Å². The number of carbonyl (C=O) groups is 1. The minimum atomic E-state index is -0.370. The zero-order valence-electron chi connectivity index (χ0n) is 9.40. The molecule has 0 aliphatic carbocycles. The Kier molecular flexibility index (Phi) is 2.87. The second-order valence-corrected chi connectivity index (χ2v) is 6.04. The van der Waals surface area contributed by atoms with E-state index >= 15 is 0 Å². The summed E-state index contributed by atoms with van der Waals surface area (Å²) in [6.45, 7) is 0.622. The van der Waals surface area contributed by atoms with Gasteiger partial charge < -0.3 is 10.5 Å². The highest BCUT2D eigenvalue weighted by atomic mass is 79.9. The molecular formula is C13H10BrNO2S. The lowest BCUT2D eigenvalue weighted by Gasteiger charge is -2.06. The van der Waals surface area contributed by atoms with Gasteiger partial charge in [0.2, 0.25) is 0 Å². The zero-order valence-corrected chi connectivity index (χ0v) is 11.8. The molecule has 0 radical (unpaired) electrons. The molecule has 1 amide bonds. The van der Waals surface area contributed by atoms with Crippen LogP contribution in [0.1, 0.15) is 15.2 Å². The van der Waals surface area contributed by atoms with Crippen molar-refractivity contribution < 1.29 is 9.53 Å². The lowest BCUT2D eigenvalue weighted by atomic mass is 10.1. The van der Waals surface area contributed by atoms with E-state index in [1.165, 1.54) is 11.3 Å². The predicted molar refractivity (Wildman–Crippen MR) is 75.2 cm³/mol. The third-order valence-electron chi connectivity index (χ3n) is 2.87. The van der Waals surface area contributed by atoms with Crippen molar-refractivity contribution in [3.05, 3.63) is 39.2 Å². The number of hydrogen-bond donors (Lipinski definition) is 1. The highest BCUT2D eigenvalue weighted by molar-refractivity contribution is 9.10. The molecule has 3 rings (SSSR count). The minimum Gasteiger partial charge on any atom is -0.493 e. The van der Waals surface area contributed by atoms with Crippen molar-refractivity contribution in [3.8, 4) is 16.2 Å². The fraction of sp³-hybridized carbons (Fsp3) is 0.154. The molecule has 1 aromatic carbocycles. The van der Waals surface area contributed by atoms with Gasteiger partial charge in [-0.3, -0.25) is 4.79 Å². The molecular weight excluding hydrogens is 314 g/mol. The largest absolute Gasteiger partial charge is 0.493 e. The molecule has 92 valence electrons. The van der Waals surface area contributed by atoms with Gasteiger partial charge in [-0.2, -0.15) is 0 Å². The van der Waals surface area contributed by atoms with Crippen LogP contribution in [0.2, 0.25) is 0 Å². The van der Waals surface area contributed by atoms with Crippen LogP contribution in [-0.4, -0.2) is 12.5 Å². The van der Waals surface area contributed by atoms with Crippen LogP contribution in [0.3, 0.4) is 0 Å². The van der Waals surface area contributed by atoms with Gasteiger partial charge in [0.05, 0.1) is 11.5 Å². The van der Waals surface area contributed by atoms with Crippen LogP contribution < -0.4 is 10.5 Å². The lowest BCUT2D eigenvalue weighted by Crippen LogP contribution is -2.08. The number of halogens is 1. The molecule has 0 spiro atoms. The van der Waals surface area contributed by atoms with Gasteiger partial charge in [-0.1, -0.05) is 15.9 Å². The summed E-state index contributed by atoms with van der Waals surface area (Å²) in [4.78, 5) is 13.0. The van der Waals surface area contributed by atoms with Crippen molar-refractivity contribution in [2.75, 3.05) is 6.61 Å². The van der Waals surface area contributed by atoms with Gasteiger partial charge in [0.15, 0.2) is 0 Å². The Hall–Kier alpha value is -1.33. The molecule has 1 aliphatic heterocycles. The number of nitrogens with two attached hydrogens (primary N) is 1. The van der Waals surface area contributed by atoms with E-state index in [9.17, 15) is 4.79 Å². The van der Waals surface area contributed by atoms with E-state index in [1.54, 1.807) is 0 Å². The molecule has 1 aliphatic rings. The minimum absolute atomic E-state index is 0.370. The summed E-state index contributed by atoms with van der Waals surface area (Å²) in [6.07, 6.45) is 0.797.